The van der Waals surface area contributed by atoms with Gasteiger partial charge in [-0.3, -0.25) is 0 Å². The van der Waals surface area contributed by atoms with Crippen LogP contribution in [0.15, 0.2) is 42.5 Å². The van der Waals surface area contributed by atoms with Crippen molar-refractivity contribution in [2.24, 2.45) is 0 Å². The maximum Gasteiger partial charge on any atom is 0.322 e. The fourth-order valence-electron chi connectivity index (χ4n) is 2.84. The summed E-state index contributed by atoms with van der Waals surface area (Å²) >= 11 is 0. The summed E-state index contributed by atoms with van der Waals surface area (Å²) in [5, 5.41) is 2.99. The van der Waals surface area contributed by atoms with E-state index in [2.05, 4.69) is 43.4 Å². The van der Waals surface area contributed by atoms with Crippen LogP contribution in [0.5, 0.6) is 0 Å². The van der Waals surface area contributed by atoms with Crippen molar-refractivity contribution in [3.05, 3.63) is 64.7 Å². The number of rotatable bonds is 2. The van der Waals surface area contributed by atoms with Gasteiger partial charge in [-0.1, -0.05) is 35.9 Å². The Morgan fingerprint density at radius 2 is 1.83 bits per heavy atom. The topological polar surface area (TPSA) is 41.6 Å². The Balaban J connectivity index is 1.66. The molecule has 24 heavy (non-hydrogen) atoms. The van der Waals surface area contributed by atoms with E-state index in [0.29, 0.717) is 19.7 Å². The van der Waals surface area contributed by atoms with Crippen molar-refractivity contribution in [2.75, 3.05) is 25.0 Å². The van der Waals surface area contributed by atoms with Crippen LogP contribution >= 0.6 is 0 Å². The molecule has 1 aliphatic heterocycles. The number of amides is 2. The molecule has 1 unspecified atom stereocenters. The number of urea groups is 1. The number of carbonyl (C=O) groups excluding carboxylic acids is 1. The zero-order valence-electron chi connectivity index (χ0n) is 14.5. The molecule has 4 nitrogen and oxygen atoms in total. The molecule has 2 amide bonds. The molecule has 2 aromatic carbocycles. The van der Waals surface area contributed by atoms with Crippen molar-refractivity contribution in [3.63, 3.8) is 0 Å². The average molecular weight is 324 g/mol. The molecule has 1 heterocycles. The number of hydrogen-bond donors (Lipinski definition) is 1. The van der Waals surface area contributed by atoms with Gasteiger partial charge in [0.1, 0.15) is 6.10 Å². The van der Waals surface area contributed by atoms with E-state index in [-0.39, 0.29) is 12.1 Å². The smallest absolute Gasteiger partial charge is 0.322 e. The highest BCUT2D eigenvalue weighted by Gasteiger charge is 2.25. The molecule has 4 heteroatoms. The molecule has 1 N–H and O–H groups in total. The van der Waals surface area contributed by atoms with Crippen LogP contribution in [0.25, 0.3) is 0 Å². The number of aryl methyl sites for hydroxylation is 3. The van der Waals surface area contributed by atoms with Gasteiger partial charge in [-0.25, -0.2) is 4.79 Å². The van der Waals surface area contributed by atoms with Gasteiger partial charge < -0.3 is 15.0 Å². The highest BCUT2D eigenvalue weighted by molar-refractivity contribution is 5.89. The molecule has 0 saturated carbocycles. The number of morpholine rings is 1. The number of nitrogens with one attached hydrogen (secondary N) is 1. The summed E-state index contributed by atoms with van der Waals surface area (Å²) in [6.07, 6.45) is -0.0650. The molecule has 1 fully saturated rings. The van der Waals surface area contributed by atoms with E-state index < -0.39 is 0 Å². The van der Waals surface area contributed by atoms with E-state index in [1.807, 2.05) is 30.0 Å². The van der Waals surface area contributed by atoms with E-state index in [4.69, 9.17) is 4.74 Å². The molecule has 126 valence electrons. The quantitative estimate of drug-likeness (QED) is 0.899. The molecule has 1 aliphatic rings. The minimum atomic E-state index is -0.0707. The van der Waals surface area contributed by atoms with Gasteiger partial charge in [-0.05, 0) is 49.6 Å². The van der Waals surface area contributed by atoms with Gasteiger partial charge >= 0.3 is 6.03 Å². The zero-order valence-corrected chi connectivity index (χ0v) is 14.5. The van der Waals surface area contributed by atoms with Gasteiger partial charge in [0, 0.05) is 12.2 Å². The predicted molar refractivity (Wildman–Crippen MR) is 96.4 cm³/mol. The van der Waals surface area contributed by atoms with Crippen LogP contribution in [0.3, 0.4) is 0 Å². The first kappa shape index (κ1) is 16.5. The molecule has 3 rings (SSSR count). The van der Waals surface area contributed by atoms with Crippen molar-refractivity contribution < 1.29 is 9.53 Å². The van der Waals surface area contributed by atoms with Crippen LogP contribution in [-0.4, -0.2) is 30.6 Å². The van der Waals surface area contributed by atoms with Crippen LogP contribution in [0.4, 0.5) is 10.5 Å². The molecule has 0 spiro atoms. The first-order chi connectivity index (χ1) is 11.5. The van der Waals surface area contributed by atoms with Gasteiger partial charge in [-0.2, -0.15) is 0 Å². The van der Waals surface area contributed by atoms with Crippen LogP contribution < -0.4 is 5.32 Å². The van der Waals surface area contributed by atoms with Crippen LogP contribution in [0.2, 0.25) is 0 Å². The van der Waals surface area contributed by atoms with E-state index >= 15 is 0 Å². The lowest BCUT2D eigenvalue weighted by molar-refractivity contribution is -0.0135. The van der Waals surface area contributed by atoms with E-state index in [1.54, 1.807) is 0 Å². The zero-order chi connectivity index (χ0) is 17.1. The third-order valence-electron chi connectivity index (χ3n) is 4.56. The second-order valence-electron chi connectivity index (χ2n) is 6.45. The van der Waals surface area contributed by atoms with Gasteiger partial charge in [0.15, 0.2) is 0 Å². The Labute approximate surface area is 143 Å². The van der Waals surface area contributed by atoms with Gasteiger partial charge in [-0.15, -0.1) is 0 Å². The molecule has 1 saturated heterocycles. The van der Waals surface area contributed by atoms with E-state index in [1.165, 1.54) is 16.7 Å². The fourth-order valence-corrected chi connectivity index (χ4v) is 2.84. The number of carbonyl (C=O) groups is 1. The Kier molecular flexibility index (Phi) is 4.86. The number of hydrogen-bond acceptors (Lipinski definition) is 2. The molecule has 0 radical (unpaired) electrons. The van der Waals surface area contributed by atoms with E-state index in [0.717, 1.165) is 11.3 Å². The predicted octanol–water partition coefficient (Wildman–Crippen LogP) is 4.22. The minimum Gasteiger partial charge on any atom is -0.370 e. The lowest BCUT2D eigenvalue weighted by Crippen LogP contribution is -2.44. The maximum atomic E-state index is 12.6. The number of benzene rings is 2. The molecule has 1 atom stereocenters. The second kappa shape index (κ2) is 7.05. The molecule has 0 aliphatic carbocycles. The maximum absolute atomic E-state index is 12.6. The number of nitrogens with zero attached hydrogens (tertiary/aromatic N) is 1. The summed E-state index contributed by atoms with van der Waals surface area (Å²) in [6.45, 7) is 7.91. The number of ether oxygens (including phenoxy) is 1. The third-order valence-corrected chi connectivity index (χ3v) is 4.56. The van der Waals surface area contributed by atoms with Crippen molar-refractivity contribution in [1.82, 2.24) is 4.90 Å². The minimum absolute atomic E-state index is 0.0650. The molecular weight excluding hydrogens is 300 g/mol. The first-order valence-corrected chi connectivity index (χ1v) is 8.34. The summed E-state index contributed by atoms with van der Waals surface area (Å²) in [6, 6.07) is 14.2. The lowest BCUT2D eigenvalue weighted by Gasteiger charge is -2.33. The number of anilines is 1. The summed E-state index contributed by atoms with van der Waals surface area (Å²) in [5.74, 6) is 0. The van der Waals surface area contributed by atoms with Gasteiger partial charge in [0.05, 0.1) is 13.2 Å². The Bertz CT molecular complexity index is 725. The standard InChI is InChI=1S/C20H24N2O2/c1-14-4-7-17(8-5-14)19-13-22(10-11-24-19)20(23)21-18-9-6-15(2)16(3)12-18/h4-9,12,19H,10-11,13H2,1-3H3,(H,21,23). The van der Waals surface area contributed by atoms with Crippen LogP contribution in [-0.2, 0) is 4.74 Å². The largest absolute Gasteiger partial charge is 0.370 e. The Morgan fingerprint density at radius 3 is 2.54 bits per heavy atom. The lowest BCUT2D eigenvalue weighted by atomic mass is 10.1. The van der Waals surface area contributed by atoms with Crippen molar-refractivity contribution in [3.8, 4) is 0 Å². The normalized spacial score (nSPS) is 17.6. The fraction of sp³-hybridized carbons (Fsp3) is 0.350. The molecular formula is C20H24N2O2. The van der Waals surface area contributed by atoms with Crippen molar-refractivity contribution >= 4 is 11.7 Å². The van der Waals surface area contributed by atoms with Gasteiger partial charge in [0.2, 0.25) is 0 Å². The van der Waals surface area contributed by atoms with Crippen LogP contribution in [0.1, 0.15) is 28.4 Å². The summed E-state index contributed by atoms with van der Waals surface area (Å²) in [5.41, 5.74) is 5.57. The third kappa shape index (κ3) is 3.77. The summed E-state index contributed by atoms with van der Waals surface area (Å²) in [7, 11) is 0. The highest BCUT2D eigenvalue weighted by Crippen LogP contribution is 2.23. The van der Waals surface area contributed by atoms with Crippen molar-refractivity contribution in [2.45, 2.75) is 26.9 Å². The molecule has 0 aromatic heterocycles. The Morgan fingerprint density at radius 1 is 1.08 bits per heavy atom. The van der Waals surface area contributed by atoms with Crippen molar-refractivity contribution in [1.29, 1.82) is 0 Å². The Hall–Kier alpha value is -2.33. The SMILES string of the molecule is Cc1ccc(C2CN(C(=O)Nc3ccc(C)c(C)c3)CCO2)cc1. The monoisotopic (exact) mass is 324 g/mol. The van der Waals surface area contributed by atoms with E-state index in [9.17, 15) is 4.79 Å². The van der Waals surface area contributed by atoms with Gasteiger partial charge in [0.25, 0.3) is 0 Å². The molecule has 2 aromatic rings. The second-order valence-corrected chi connectivity index (χ2v) is 6.45. The first-order valence-electron chi connectivity index (χ1n) is 8.34. The summed E-state index contributed by atoms with van der Waals surface area (Å²) < 4.78 is 5.85. The summed E-state index contributed by atoms with van der Waals surface area (Å²) in [4.78, 5) is 14.4. The molecule has 0 bridgehead atoms. The highest BCUT2D eigenvalue weighted by atomic mass is 16.5. The van der Waals surface area contributed by atoms with Crippen LogP contribution in [0, 0.1) is 20.8 Å². The average Bonchev–Trinajstić information content (AvgIpc) is 2.59.